The first-order valence-electron chi connectivity index (χ1n) is 5.26. The average molecular weight is 257 g/mol. The number of hydrogen-bond acceptors (Lipinski definition) is 4. The summed E-state index contributed by atoms with van der Waals surface area (Å²) in [5, 5.41) is 8.94. The van der Waals surface area contributed by atoms with Gasteiger partial charge >= 0.3 is 0 Å². The quantitative estimate of drug-likeness (QED) is 0.631. The number of hydrogen-bond donors (Lipinski definition) is 2. The molecule has 0 fully saturated rings. The summed E-state index contributed by atoms with van der Waals surface area (Å²) in [5.41, 5.74) is 0. The molecule has 0 saturated heterocycles. The van der Waals surface area contributed by atoms with E-state index in [2.05, 4.69) is 25.5 Å². The van der Waals surface area contributed by atoms with Crippen LogP contribution >= 0.6 is 0 Å². The van der Waals surface area contributed by atoms with Gasteiger partial charge in [0.2, 0.25) is 0 Å². The molecule has 0 aromatic carbocycles. The number of aryl methyl sites for hydroxylation is 1. The summed E-state index contributed by atoms with van der Waals surface area (Å²) in [6.45, 7) is 0.357. The first kappa shape index (κ1) is 12.3. The Morgan fingerprint density at radius 1 is 1.22 bits per heavy atom. The number of nitrogens with zero attached hydrogens (tertiary/aromatic N) is 3. The number of pyridine rings is 1. The Morgan fingerprint density at radius 2 is 2.06 bits per heavy atom. The predicted octanol–water partition coefficient (Wildman–Crippen LogP) is 1.66. The lowest BCUT2D eigenvalue weighted by atomic mass is 10.3. The second-order valence-electron chi connectivity index (χ2n) is 3.55. The largest absolute Gasteiger partial charge is 0.368 e. The fourth-order valence-corrected chi connectivity index (χ4v) is 1.38. The van der Waals surface area contributed by atoms with Gasteiger partial charge in [-0.1, -0.05) is 0 Å². The van der Waals surface area contributed by atoms with Crippen molar-refractivity contribution < 1.29 is 13.2 Å². The molecule has 2 aromatic heterocycles. The van der Waals surface area contributed by atoms with Gasteiger partial charge in [-0.05, 0) is 6.42 Å². The van der Waals surface area contributed by atoms with Crippen molar-refractivity contribution >= 4 is 5.82 Å². The smallest absolute Gasteiger partial charge is 0.251 e. The highest BCUT2D eigenvalue weighted by atomic mass is 19.2. The van der Waals surface area contributed by atoms with Gasteiger partial charge in [0.25, 0.3) is 5.95 Å². The maximum Gasteiger partial charge on any atom is 0.251 e. The zero-order valence-electron chi connectivity index (χ0n) is 9.25. The summed E-state index contributed by atoms with van der Waals surface area (Å²) in [6.07, 6.45) is 2.62. The van der Waals surface area contributed by atoms with Crippen LogP contribution < -0.4 is 5.32 Å². The normalized spacial score (nSPS) is 10.6. The molecule has 0 saturated carbocycles. The van der Waals surface area contributed by atoms with Gasteiger partial charge in [0.15, 0.2) is 17.5 Å². The van der Waals surface area contributed by atoms with Crippen molar-refractivity contribution in [2.45, 2.75) is 12.8 Å². The second-order valence-corrected chi connectivity index (χ2v) is 3.55. The van der Waals surface area contributed by atoms with Crippen LogP contribution in [0.4, 0.5) is 19.0 Å². The van der Waals surface area contributed by atoms with Crippen LogP contribution in [0.15, 0.2) is 12.4 Å². The minimum Gasteiger partial charge on any atom is -0.368 e. The van der Waals surface area contributed by atoms with Crippen LogP contribution in [0.5, 0.6) is 0 Å². The highest BCUT2D eigenvalue weighted by Crippen LogP contribution is 2.14. The lowest BCUT2D eigenvalue weighted by Crippen LogP contribution is -2.08. The van der Waals surface area contributed by atoms with Gasteiger partial charge in [-0.25, -0.2) is 13.8 Å². The van der Waals surface area contributed by atoms with Gasteiger partial charge in [-0.15, -0.1) is 0 Å². The fourth-order valence-electron chi connectivity index (χ4n) is 1.38. The van der Waals surface area contributed by atoms with Crippen LogP contribution in [0, 0.1) is 17.6 Å². The molecule has 0 aliphatic heterocycles. The molecular formula is C10H10F3N5. The maximum absolute atomic E-state index is 13.2. The number of aromatic amines is 1. The number of rotatable bonds is 5. The molecule has 0 spiro atoms. The molecule has 2 aromatic rings. The van der Waals surface area contributed by atoms with Gasteiger partial charge in [0.05, 0.1) is 0 Å². The molecule has 8 heteroatoms. The summed E-state index contributed by atoms with van der Waals surface area (Å²) >= 11 is 0. The minimum absolute atomic E-state index is 0.300. The van der Waals surface area contributed by atoms with Crippen molar-refractivity contribution in [2.24, 2.45) is 0 Å². The summed E-state index contributed by atoms with van der Waals surface area (Å²) < 4.78 is 38.6. The Morgan fingerprint density at radius 3 is 2.78 bits per heavy atom. The van der Waals surface area contributed by atoms with E-state index in [9.17, 15) is 13.2 Å². The number of H-pyrrole nitrogens is 1. The predicted molar refractivity (Wildman–Crippen MR) is 57.3 cm³/mol. The van der Waals surface area contributed by atoms with Gasteiger partial charge < -0.3 is 5.32 Å². The summed E-state index contributed by atoms with van der Waals surface area (Å²) in [6, 6.07) is 0.459. The molecule has 2 N–H and O–H groups in total. The zero-order valence-corrected chi connectivity index (χ0v) is 9.25. The Labute approximate surface area is 100 Å². The van der Waals surface area contributed by atoms with Crippen LogP contribution in [-0.4, -0.2) is 26.7 Å². The first-order chi connectivity index (χ1) is 8.66. The highest BCUT2D eigenvalue weighted by molar-refractivity contribution is 5.35. The molecule has 0 bridgehead atoms. The van der Waals surface area contributed by atoms with Crippen LogP contribution in [0.1, 0.15) is 12.2 Å². The average Bonchev–Trinajstić information content (AvgIpc) is 2.84. The lowest BCUT2D eigenvalue weighted by molar-refractivity contribution is 0.466. The van der Waals surface area contributed by atoms with Crippen LogP contribution in [0.2, 0.25) is 0 Å². The topological polar surface area (TPSA) is 66.5 Å². The molecule has 2 heterocycles. The molecule has 0 aliphatic rings. The maximum atomic E-state index is 13.2. The van der Waals surface area contributed by atoms with Crippen LogP contribution in [0.3, 0.4) is 0 Å². The van der Waals surface area contributed by atoms with E-state index >= 15 is 0 Å². The van der Waals surface area contributed by atoms with Crippen molar-refractivity contribution in [3.05, 3.63) is 35.8 Å². The van der Waals surface area contributed by atoms with E-state index in [1.807, 2.05) is 0 Å². The lowest BCUT2D eigenvalue weighted by Gasteiger charge is -2.06. The van der Waals surface area contributed by atoms with E-state index in [-0.39, 0.29) is 5.82 Å². The van der Waals surface area contributed by atoms with Gasteiger partial charge in [-0.2, -0.15) is 14.5 Å². The standard InChI is InChI=1S/C10H10F3N5/c11-6-4-7(12)10(17-9(6)13)14-3-1-2-8-15-5-16-18-8/h4-5H,1-3H2,(H,14,17)(H,15,16,18). The fraction of sp³-hybridized carbons (Fsp3) is 0.300. The van der Waals surface area contributed by atoms with E-state index in [0.29, 0.717) is 31.3 Å². The second kappa shape index (κ2) is 5.48. The van der Waals surface area contributed by atoms with Crippen LogP contribution in [0.25, 0.3) is 0 Å². The Bertz CT molecular complexity index is 514. The van der Waals surface area contributed by atoms with Gasteiger partial charge in [-0.3, -0.25) is 5.10 Å². The third-order valence-corrected chi connectivity index (χ3v) is 2.23. The first-order valence-corrected chi connectivity index (χ1v) is 5.26. The molecule has 96 valence electrons. The number of anilines is 1. The van der Waals surface area contributed by atoms with Crippen molar-refractivity contribution in [3.63, 3.8) is 0 Å². The molecule has 0 aliphatic carbocycles. The van der Waals surface area contributed by atoms with E-state index in [4.69, 9.17) is 0 Å². The third kappa shape index (κ3) is 2.96. The summed E-state index contributed by atoms with van der Waals surface area (Å²) in [7, 11) is 0. The Hall–Kier alpha value is -2.12. The molecule has 0 amide bonds. The highest BCUT2D eigenvalue weighted by Gasteiger charge is 2.10. The molecule has 0 unspecified atom stereocenters. The Balaban J connectivity index is 1.85. The van der Waals surface area contributed by atoms with E-state index in [1.165, 1.54) is 6.33 Å². The number of nitrogens with one attached hydrogen (secondary N) is 2. The van der Waals surface area contributed by atoms with E-state index in [0.717, 1.165) is 0 Å². The Kier molecular flexibility index (Phi) is 3.75. The number of halogens is 3. The monoisotopic (exact) mass is 257 g/mol. The molecular weight excluding hydrogens is 247 g/mol. The van der Waals surface area contributed by atoms with Crippen molar-refractivity contribution in [1.82, 2.24) is 20.2 Å². The minimum atomic E-state index is -1.32. The summed E-state index contributed by atoms with van der Waals surface area (Å²) in [5.74, 6) is -3.15. The molecule has 0 atom stereocenters. The zero-order chi connectivity index (χ0) is 13.0. The summed E-state index contributed by atoms with van der Waals surface area (Å²) in [4.78, 5) is 7.05. The number of aromatic nitrogens is 4. The molecule has 5 nitrogen and oxygen atoms in total. The van der Waals surface area contributed by atoms with Crippen molar-refractivity contribution in [2.75, 3.05) is 11.9 Å². The van der Waals surface area contributed by atoms with Gasteiger partial charge in [0, 0.05) is 19.0 Å². The van der Waals surface area contributed by atoms with Gasteiger partial charge in [0.1, 0.15) is 12.2 Å². The molecule has 2 rings (SSSR count). The SMILES string of the molecule is Fc1cc(F)c(NCCCc2ncn[nH]2)nc1F. The third-order valence-electron chi connectivity index (χ3n) is 2.23. The van der Waals surface area contributed by atoms with Crippen molar-refractivity contribution in [1.29, 1.82) is 0 Å². The van der Waals surface area contributed by atoms with Crippen molar-refractivity contribution in [3.8, 4) is 0 Å². The molecule has 0 radical (unpaired) electrons. The van der Waals surface area contributed by atoms with E-state index in [1.54, 1.807) is 0 Å². The molecule has 18 heavy (non-hydrogen) atoms. The van der Waals surface area contributed by atoms with E-state index < -0.39 is 17.6 Å². The van der Waals surface area contributed by atoms with Crippen LogP contribution in [-0.2, 0) is 6.42 Å².